The predicted molar refractivity (Wildman–Crippen MR) is 94.5 cm³/mol. The minimum absolute atomic E-state index is 0.0998. The van der Waals surface area contributed by atoms with Crippen molar-refractivity contribution >= 4 is 11.9 Å². The molecule has 0 saturated heterocycles. The van der Waals surface area contributed by atoms with Gasteiger partial charge < -0.3 is 18.9 Å². The summed E-state index contributed by atoms with van der Waals surface area (Å²) >= 11 is 0. The Labute approximate surface area is 155 Å². The third-order valence-corrected chi connectivity index (χ3v) is 5.28. The summed E-state index contributed by atoms with van der Waals surface area (Å²) in [5, 5.41) is 0. The van der Waals surface area contributed by atoms with E-state index in [1.54, 1.807) is 0 Å². The first-order valence-corrected chi connectivity index (χ1v) is 10.2. The smallest absolute Gasteiger partial charge is 0.306 e. The van der Waals surface area contributed by atoms with Crippen molar-refractivity contribution in [1.82, 2.24) is 0 Å². The molecule has 0 aliphatic heterocycles. The van der Waals surface area contributed by atoms with Gasteiger partial charge in [0.15, 0.2) is 0 Å². The molecule has 6 nitrogen and oxygen atoms in total. The van der Waals surface area contributed by atoms with Crippen LogP contribution in [0.1, 0.15) is 64.2 Å². The zero-order valence-electron chi connectivity index (χ0n) is 15.7. The van der Waals surface area contributed by atoms with Crippen LogP contribution in [-0.2, 0) is 28.5 Å². The fraction of sp³-hybridized carbons (Fsp3) is 0.900. The van der Waals surface area contributed by atoms with Crippen LogP contribution in [0.15, 0.2) is 0 Å². The monoisotopic (exact) mass is 368 g/mol. The summed E-state index contributed by atoms with van der Waals surface area (Å²) in [6.45, 7) is 1.58. The summed E-state index contributed by atoms with van der Waals surface area (Å²) in [5.41, 5.74) is 0. The van der Waals surface area contributed by atoms with Crippen molar-refractivity contribution in [2.75, 3.05) is 26.4 Å². The average molecular weight is 368 g/mol. The molecule has 0 aromatic carbocycles. The van der Waals surface area contributed by atoms with E-state index in [1.807, 2.05) is 0 Å². The highest BCUT2D eigenvalue weighted by Gasteiger charge is 2.26. The maximum absolute atomic E-state index is 11.5. The van der Waals surface area contributed by atoms with Crippen molar-refractivity contribution < 1.29 is 28.5 Å². The Morgan fingerprint density at radius 2 is 1.12 bits per heavy atom. The molecule has 0 N–H and O–H groups in total. The van der Waals surface area contributed by atoms with Crippen molar-refractivity contribution in [2.45, 2.75) is 76.4 Å². The van der Waals surface area contributed by atoms with Gasteiger partial charge in [-0.25, -0.2) is 0 Å². The van der Waals surface area contributed by atoms with Gasteiger partial charge in [0.2, 0.25) is 0 Å². The van der Waals surface area contributed by atoms with E-state index in [1.165, 1.54) is 0 Å². The van der Waals surface area contributed by atoms with Crippen LogP contribution in [-0.4, -0.2) is 50.6 Å². The number of carbonyl (C=O) groups is 2. The molecule has 2 unspecified atom stereocenters. The number of carbonyl (C=O) groups excluding carboxylic acids is 2. The number of esters is 2. The first-order chi connectivity index (χ1) is 12.7. The molecule has 0 spiro atoms. The number of rotatable bonds is 12. The van der Waals surface area contributed by atoms with E-state index in [-0.39, 0.29) is 24.1 Å². The van der Waals surface area contributed by atoms with Gasteiger partial charge in [-0.05, 0) is 63.2 Å². The third kappa shape index (κ3) is 8.04. The first kappa shape index (κ1) is 19.6. The van der Waals surface area contributed by atoms with Crippen molar-refractivity contribution in [3.8, 4) is 0 Å². The van der Waals surface area contributed by atoms with Crippen molar-refractivity contribution in [1.29, 1.82) is 0 Å². The van der Waals surface area contributed by atoms with E-state index in [9.17, 15) is 9.59 Å². The SMILES string of the molecule is O=C(CC1CC1)OCCOC1CCCC(OCCOC(=O)CC2CC2)C1. The molecule has 6 heteroatoms. The Balaban J connectivity index is 1.18. The highest BCUT2D eigenvalue weighted by Crippen LogP contribution is 2.33. The molecular weight excluding hydrogens is 336 g/mol. The van der Waals surface area contributed by atoms with Gasteiger partial charge in [-0.3, -0.25) is 9.59 Å². The fourth-order valence-corrected chi connectivity index (χ4v) is 3.38. The van der Waals surface area contributed by atoms with Crippen molar-refractivity contribution in [3.63, 3.8) is 0 Å². The lowest BCUT2D eigenvalue weighted by Gasteiger charge is -2.29. The molecule has 148 valence electrons. The van der Waals surface area contributed by atoms with Gasteiger partial charge in [0.25, 0.3) is 0 Å². The molecule has 0 radical (unpaired) electrons. The zero-order valence-corrected chi connectivity index (χ0v) is 15.7. The molecule has 3 rings (SSSR count). The standard InChI is InChI=1S/C20H32O6/c21-19(12-15-4-5-15)25-10-8-23-17-2-1-3-18(14-17)24-9-11-26-20(22)13-16-6-7-16/h15-18H,1-14H2. The van der Waals surface area contributed by atoms with Gasteiger partial charge in [0, 0.05) is 12.8 Å². The minimum Gasteiger partial charge on any atom is -0.463 e. The molecule has 3 aliphatic rings. The largest absolute Gasteiger partial charge is 0.463 e. The normalized spacial score (nSPS) is 25.7. The van der Waals surface area contributed by atoms with E-state index in [0.29, 0.717) is 51.1 Å². The maximum Gasteiger partial charge on any atom is 0.306 e. The molecule has 0 aromatic heterocycles. The van der Waals surface area contributed by atoms with Crippen LogP contribution in [0.25, 0.3) is 0 Å². The van der Waals surface area contributed by atoms with Crippen molar-refractivity contribution in [2.24, 2.45) is 11.8 Å². The second-order valence-electron chi connectivity index (χ2n) is 7.89. The Morgan fingerprint density at radius 3 is 1.54 bits per heavy atom. The molecule has 3 fully saturated rings. The molecule has 0 bridgehead atoms. The Bertz CT molecular complexity index is 417. The summed E-state index contributed by atoms with van der Waals surface area (Å²) in [4.78, 5) is 23.0. The molecule has 3 aliphatic carbocycles. The fourth-order valence-electron chi connectivity index (χ4n) is 3.38. The summed E-state index contributed by atoms with van der Waals surface area (Å²) in [5.74, 6) is 0.926. The minimum atomic E-state index is -0.0998. The van der Waals surface area contributed by atoms with Crippen LogP contribution in [0.2, 0.25) is 0 Å². The molecule has 3 saturated carbocycles. The van der Waals surface area contributed by atoms with Gasteiger partial charge in [-0.2, -0.15) is 0 Å². The highest BCUT2D eigenvalue weighted by molar-refractivity contribution is 5.70. The van der Waals surface area contributed by atoms with Crippen LogP contribution >= 0.6 is 0 Å². The van der Waals surface area contributed by atoms with Crippen LogP contribution < -0.4 is 0 Å². The van der Waals surface area contributed by atoms with E-state index in [4.69, 9.17) is 18.9 Å². The molecule has 0 heterocycles. The Morgan fingerprint density at radius 1 is 0.654 bits per heavy atom. The third-order valence-electron chi connectivity index (χ3n) is 5.28. The van der Waals surface area contributed by atoms with Gasteiger partial charge in [0.05, 0.1) is 25.4 Å². The summed E-state index contributed by atoms with van der Waals surface area (Å²) in [6.07, 6.45) is 10.0. The topological polar surface area (TPSA) is 71.1 Å². The maximum atomic E-state index is 11.5. The average Bonchev–Trinajstić information content (AvgIpc) is 3.53. The molecule has 2 atom stereocenters. The Kier molecular flexibility index (Phi) is 7.74. The van der Waals surface area contributed by atoms with E-state index in [0.717, 1.165) is 51.4 Å². The molecule has 0 amide bonds. The van der Waals surface area contributed by atoms with Crippen molar-refractivity contribution in [3.05, 3.63) is 0 Å². The van der Waals surface area contributed by atoms with Crippen LogP contribution in [0.5, 0.6) is 0 Å². The lowest BCUT2D eigenvalue weighted by Crippen LogP contribution is -2.30. The van der Waals surface area contributed by atoms with Gasteiger partial charge in [0.1, 0.15) is 13.2 Å². The summed E-state index contributed by atoms with van der Waals surface area (Å²) in [7, 11) is 0. The van der Waals surface area contributed by atoms with Crippen LogP contribution in [0, 0.1) is 11.8 Å². The number of hydrogen-bond acceptors (Lipinski definition) is 6. The van der Waals surface area contributed by atoms with Gasteiger partial charge in [-0.1, -0.05) is 0 Å². The summed E-state index contributed by atoms with van der Waals surface area (Å²) < 4.78 is 22.1. The lowest BCUT2D eigenvalue weighted by atomic mass is 9.95. The lowest BCUT2D eigenvalue weighted by molar-refractivity contribution is -0.147. The molecule has 26 heavy (non-hydrogen) atoms. The molecular formula is C20H32O6. The van der Waals surface area contributed by atoms with E-state index in [2.05, 4.69) is 0 Å². The zero-order chi connectivity index (χ0) is 18.2. The van der Waals surface area contributed by atoms with E-state index >= 15 is 0 Å². The first-order valence-electron chi connectivity index (χ1n) is 10.2. The second kappa shape index (κ2) is 10.3. The van der Waals surface area contributed by atoms with Crippen LogP contribution in [0.3, 0.4) is 0 Å². The van der Waals surface area contributed by atoms with Crippen LogP contribution in [0.4, 0.5) is 0 Å². The van der Waals surface area contributed by atoms with Gasteiger partial charge >= 0.3 is 11.9 Å². The highest BCUT2D eigenvalue weighted by atomic mass is 16.6. The predicted octanol–water partition coefficient (Wildman–Crippen LogP) is 3.02. The second-order valence-corrected chi connectivity index (χ2v) is 7.89. The number of hydrogen-bond donors (Lipinski definition) is 0. The quantitative estimate of drug-likeness (QED) is 0.389. The Hall–Kier alpha value is -1.14. The summed E-state index contributed by atoms with van der Waals surface area (Å²) in [6, 6.07) is 0. The molecule has 0 aromatic rings. The number of ether oxygens (including phenoxy) is 4. The van der Waals surface area contributed by atoms with Gasteiger partial charge in [-0.15, -0.1) is 0 Å². The van der Waals surface area contributed by atoms with E-state index < -0.39 is 0 Å².